The van der Waals surface area contributed by atoms with Crippen LogP contribution >= 0.6 is 0 Å². The normalized spacial score (nSPS) is 23.2. The van der Waals surface area contributed by atoms with Crippen molar-refractivity contribution < 1.29 is 0 Å². The summed E-state index contributed by atoms with van der Waals surface area (Å²) in [5, 5.41) is 10.4. The minimum Gasteiger partial charge on any atom is -0.381 e. The minimum absolute atomic E-state index is 0.559. The summed E-state index contributed by atoms with van der Waals surface area (Å²) in [6, 6.07) is 16.8. The Hall–Kier alpha value is -2.48. The summed E-state index contributed by atoms with van der Waals surface area (Å²) in [5.41, 5.74) is 3.11. The molecule has 7 nitrogen and oxygen atoms in total. The van der Waals surface area contributed by atoms with Crippen molar-refractivity contribution in [2.45, 2.75) is 89.9 Å². The lowest BCUT2D eigenvalue weighted by Gasteiger charge is -2.33. The maximum atomic E-state index is 4.79. The van der Waals surface area contributed by atoms with Crippen LogP contribution in [0, 0.1) is 0 Å². The molecule has 1 aliphatic heterocycles. The second-order valence-corrected chi connectivity index (χ2v) is 11.2. The van der Waals surface area contributed by atoms with E-state index in [9.17, 15) is 0 Å². The van der Waals surface area contributed by atoms with E-state index in [1.54, 1.807) is 0 Å². The average Bonchev–Trinajstić information content (AvgIpc) is 3.24. The molecule has 5 rings (SSSR count). The molecule has 7 heteroatoms. The highest BCUT2D eigenvalue weighted by Crippen LogP contribution is 2.25. The standard InChI is InChI=1S/C19H31N5.C6H14N2.C6H6/c1-5-6-7-18-22-17-12-15(13-20-19(17)24(18)4)21-14-8-10-16(11-9-14)23(2)3;1-5-3-7-4-6(2)8-5;1-2-4-6-5-3-1/h12-14,16,21H,5-11H2,1-4H3;5-8H,3-4H2,1-2H3;1-6H. The zero-order valence-electron chi connectivity index (χ0n) is 24.6. The third-order valence-corrected chi connectivity index (χ3v) is 7.49. The van der Waals surface area contributed by atoms with Crippen molar-refractivity contribution in [1.82, 2.24) is 30.1 Å². The molecule has 3 N–H and O–H groups in total. The van der Waals surface area contributed by atoms with E-state index < -0.39 is 0 Å². The number of rotatable bonds is 6. The highest BCUT2D eigenvalue weighted by molar-refractivity contribution is 5.75. The number of nitrogens with one attached hydrogen (secondary N) is 3. The van der Waals surface area contributed by atoms with Crippen molar-refractivity contribution in [3.63, 3.8) is 0 Å². The van der Waals surface area contributed by atoms with Crippen LogP contribution in [0.1, 0.15) is 65.1 Å². The Kier molecular flexibility index (Phi) is 12.5. The van der Waals surface area contributed by atoms with E-state index in [2.05, 4.69) is 78.4 Å². The number of piperazine rings is 1. The molecule has 3 aromatic rings. The molecule has 0 radical (unpaired) electrons. The molecule has 0 bridgehead atoms. The molecule has 1 aromatic carbocycles. The predicted octanol–water partition coefficient (Wildman–Crippen LogP) is 5.24. The number of anilines is 1. The molecule has 2 unspecified atom stereocenters. The molecule has 3 heterocycles. The lowest BCUT2D eigenvalue weighted by Crippen LogP contribution is -2.52. The molecule has 1 saturated carbocycles. The second kappa shape index (κ2) is 15.8. The maximum Gasteiger partial charge on any atom is 0.159 e. The van der Waals surface area contributed by atoms with Gasteiger partial charge in [0.1, 0.15) is 11.3 Å². The quantitative estimate of drug-likeness (QED) is 0.412. The number of hydrogen-bond acceptors (Lipinski definition) is 6. The maximum absolute atomic E-state index is 4.79. The number of unbranched alkanes of at least 4 members (excludes halogenated alkanes) is 1. The molecule has 38 heavy (non-hydrogen) atoms. The van der Waals surface area contributed by atoms with Crippen LogP contribution in [-0.4, -0.2) is 70.8 Å². The average molecular weight is 522 g/mol. The van der Waals surface area contributed by atoms with Gasteiger partial charge in [0.05, 0.1) is 11.9 Å². The predicted molar refractivity (Wildman–Crippen MR) is 162 cm³/mol. The number of aryl methyl sites for hydroxylation is 2. The van der Waals surface area contributed by atoms with Gasteiger partial charge in [-0.25, -0.2) is 9.97 Å². The van der Waals surface area contributed by atoms with Crippen LogP contribution < -0.4 is 16.0 Å². The van der Waals surface area contributed by atoms with Crippen molar-refractivity contribution in [3.05, 3.63) is 54.5 Å². The van der Waals surface area contributed by atoms with Crippen LogP contribution in [0.15, 0.2) is 48.7 Å². The number of pyridine rings is 1. The molecular formula is C31H51N7. The van der Waals surface area contributed by atoms with Gasteiger partial charge in [-0.1, -0.05) is 49.7 Å². The second-order valence-electron chi connectivity index (χ2n) is 11.2. The first-order chi connectivity index (χ1) is 18.4. The third-order valence-electron chi connectivity index (χ3n) is 7.49. The molecule has 210 valence electrons. The molecule has 1 aliphatic carbocycles. The Bertz CT molecular complexity index is 1010. The summed E-state index contributed by atoms with van der Waals surface area (Å²) in [6.45, 7) is 8.84. The number of imidazole rings is 1. The Morgan fingerprint density at radius 3 is 2.08 bits per heavy atom. The molecule has 2 aliphatic rings. The van der Waals surface area contributed by atoms with Gasteiger partial charge in [0.2, 0.25) is 0 Å². The summed E-state index contributed by atoms with van der Waals surface area (Å²) in [6.07, 6.45) is 10.4. The van der Waals surface area contributed by atoms with Crippen molar-refractivity contribution in [3.8, 4) is 0 Å². The van der Waals surface area contributed by atoms with E-state index in [1.807, 2.05) is 42.6 Å². The van der Waals surface area contributed by atoms with E-state index in [-0.39, 0.29) is 0 Å². The number of nitrogens with zero attached hydrogens (tertiary/aromatic N) is 4. The fraction of sp³-hybridized carbons (Fsp3) is 0.613. The Morgan fingerprint density at radius 1 is 0.974 bits per heavy atom. The largest absolute Gasteiger partial charge is 0.381 e. The summed E-state index contributed by atoms with van der Waals surface area (Å²) in [5.74, 6) is 1.14. The summed E-state index contributed by atoms with van der Waals surface area (Å²) in [4.78, 5) is 11.8. The lowest BCUT2D eigenvalue weighted by molar-refractivity contribution is 0.221. The summed E-state index contributed by atoms with van der Waals surface area (Å²) < 4.78 is 2.14. The molecule has 2 atom stereocenters. The lowest BCUT2D eigenvalue weighted by atomic mass is 9.90. The number of aromatic nitrogens is 3. The smallest absolute Gasteiger partial charge is 0.159 e. The molecule has 2 fully saturated rings. The fourth-order valence-corrected chi connectivity index (χ4v) is 5.24. The highest BCUT2D eigenvalue weighted by atomic mass is 15.1. The van der Waals surface area contributed by atoms with E-state index in [1.165, 1.54) is 38.5 Å². The van der Waals surface area contributed by atoms with Gasteiger partial charge in [-0.3, -0.25) is 0 Å². The van der Waals surface area contributed by atoms with E-state index in [0.29, 0.717) is 18.1 Å². The summed E-state index contributed by atoms with van der Waals surface area (Å²) >= 11 is 0. The van der Waals surface area contributed by atoms with Gasteiger partial charge in [0.25, 0.3) is 0 Å². The van der Waals surface area contributed by atoms with Crippen molar-refractivity contribution in [1.29, 1.82) is 0 Å². The number of hydrogen-bond donors (Lipinski definition) is 3. The van der Waals surface area contributed by atoms with Crippen molar-refractivity contribution in [2.75, 3.05) is 32.5 Å². The third kappa shape index (κ3) is 9.68. The van der Waals surface area contributed by atoms with Gasteiger partial charge in [-0.15, -0.1) is 0 Å². The Labute approximate surface area is 230 Å². The molecule has 0 spiro atoms. The van der Waals surface area contributed by atoms with Crippen LogP contribution in [0.5, 0.6) is 0 Å². The first-order valence-electron chi connectivity index (χ1n) is 14.6. The van der Waals surface area contributed by atoms with Crippen LogP contribution in [0.2, 0.25) is 0 Å². The van der Waals surface area contributed by atoms with E-state index in [0.717, 1.165) is 48.2 Å². The van der Waals surface area contributed by atoms with Gasteiger partial charge < -0.3 is 25.4 Å². The first kappa shape index (κ1) is 30.1. The Morgan fingerprint density at radius 2 is 1.58 bits per heavy atom. The van der Waals surface area contributed by atoms with Gasteiger partial charge in [0, 0.05) is 50.7 Å². The van der Waals surface area contributed by atoms with E-state index >= 15 is 0 Å². The molecule has 1 saturated heterocycles. The van der Waals surface area contributed by atoms with Crippen LogP contribution in [0.4, 0.5) is 5.69 Å². The first-order valence-corrected chi connectivity index (χ1v) is 14.6. The number of benzene rings is 1. The highest BCUT2D eigenvalue weighted by Gasteiger charge is 2.22. The molecule has 0 amide bonds. The zero-order chi connectivity index (χ0) is 27.3. The van der Waals surface area contributed by atoms with Crippen LogP contribution in [0.3, 0.4) is 0 Å². The van der Waals surface area contributed by atoms with Gasteiger partial charge in [-0.2, -0.15) is 0 Å². The van der Waals surface area contributed by atoms with Gasteiger partial charge in [-0.05, 0) is 66.1 Å². The zero-order valence-corrected chi connectivity index (χ0v) is 24.6. The molecular weight excluding hydrogens is 470 g/mol. The monoisotopic (exact) mass is 521 g/mol. The van der Waals surface area contributed by atoms with Crippen LogP contribution in [-0.2, 0) is 13.5 Å². The van der Waals surface area contributed by atoms with Crippen molar-refractivity contribution >= 4 is 16.9 Å². The van der Waals surface area contributed by atoms with E-state index in [4.69, 9.17) is 4.98 Å². The Balaban J connectivity index is 0.000000231. The summed E-state index contributed by atoms with van der Waals surface area (Å²) in [7, 11) is 6.45. The number of fused-ring (bicyclic) bond motifs is 1. The fourth-order valence-electron chi connectivity index (χ4n) is 5.24. The topological polar surface area (TPSA) is 70.0 Å². The molecule has 2 aromatic heterocycles. The SMILES string of the molecule is CC1CNCC(C)N1.CCCCc1nc2cc(NC3CCC(N(C)C)CC3)cnc2n1C.c1ccccc1. The van der Waals surface area contributed by atoms with Crippen molar-refractivity contribution in [2.24, 2.45) is 7.05 Å². The minimum atomic E-state index is 0.559. The van der Waals surface area contributed by atoms with Crippen LogP contribution in [0.25, 0.3) is 11.2 Å². The van der Waals surface area contributed by atoms with Gasteiger partial charge >= 0.3 is 0 Å². The van der Waals surface area contributed by atoms with Gasteiger partial charge in [0.15, 0.2) is 5.65 Å².